The van der Waals surface area contributed by atoms with Crippen LogP contribution < -0.4 is 0 Å². The van der Waals surface area contributed by atoms with Crippen molar-refractivity contribution in [3.05, 3.63) is 35.4 Å². The molecule has 0 saturated heterocycles. The Kier molecular flexibility index (Phi) is 5.45. The van der Waals surface area contributed by atoms with Gasteiger partial charge in [-0.15, -0.1) is 0 Å². The Morgan fingerprint density at radius 2 is 1.50 bits per heavy atom. The molecule has 3 rings (SSSR count). The van der Waals surface area contributed by atoms with Gasteiger partial charge in [-0.3, -0.25) is 4.79 Å². The van der Waals surface area contributed by atoms with Crippen molar-refractivity contribution in [2.75, 3.05) is 0 Å². The molecule has 0 aromatic heterocycles. The van der Waals surface area contributed by atoms with Crippen molar-refractivity contribution >= 4 is 5.78 Å². The van der Waals surface area contributed by atoms with Gasteiger partial charge in [-0.25, -0.2) is 0 Å². The van der Waals surface area contributed by atoms with Crippen molar-refractivity contribution in [2.45, 2.75) is 82.0 Å². The molecule has 0 aliphatic heterocycles. The fourth-order valence-corrected chi connectivity index (χ4v) is 4.59. The van der Waals surface area contributed by atoms with Crippen molar-refractivity contribution in [1.29, 1.82) is 0 Å². The van der Waals surface area contributed by atoms with Crippen LogP contribution in [0.15, 0.2) is 24.3 Å². The first-order valence-corrected chi connectivity index (χ1v) is 9.66. The summed E-state index contributed by atoms with van der Waals surface area (Å²) in [6.07, 6.45) is 6.29. The highest BCUT2D eigenvalue weighted by atomic mass is 19.3. The molecule has 5 heteroatoms. The summed E-state index contributed by atoms with van der Waals surface area (Å²) in [6.45, 7) is 2.20. The normalized spacial score (nSPS) is 31.0. The average Bonchev–Trinajstić information content (AvgIpc) is 2.62. The van der Waals surface area contributed by atoms with Crippen LogP contribution >= 0.6 is 0 Å². The van der Waals surface area contributed by atoms with Gasteiger partial charge in [0.2, 0.25) is 5.78 Å². The largest absolute Gasteiger partial charge is 0.367 e. The van der Waals surface area contributed by atoms with Crippen molar-refractivity contribution in [3.63, 3.8) is 0 Å². The molecule has 2 saturated carbocycles. The Bertz CT molecular complexity index is 630. The maximum absolute atomic E-state index is 14.2. The molecule has 2 aliphatic carbocycles. The number of Topliss-reactive ketones (excluding diaryl/α,β-unsaturated/α-hetero) is 1. The lowest BCUT2D eigenvalue weighted by atomic mass is 9.75. The van der Waals surface area contributed by atoms with Crippen LogP contribution in [0.3, 0.4) is 0 Å². The van der Waals surface area contributed by atoms with E-state index in [1.54, 1.807) is 12.1 Å². The summed E-state index contributed by atoms with van der Waals surface area (Å²) in [5.41, 5.74) is 1.30. The fraction of sp³-hybridized carbons (Fsp3) is 0.667. The monoisotopic (exact) mass is 370 g/mol. The summed E-state index contributed by atoms with van der Waals surface area (Å²) in [5, 5.41) is 0. The quantitative estimate of drug-likeness (QED) is 0.555. The minimum atomic E-state index is -4.58. The van der Waals surface area contributed by atoms with Crippen LogP contribution in [-0.2, 0) is 4.79 Å². The lowest BCUT2D eigenvalue weighted by Gasteiger charge is -2.36. The summed E-state index contributed by atoms with van der Waals surface area (Å²) >= 11 is 0. The Balaban J connectivity index is 1.71. The molecular formula is C21H26F4O. The summed E-state index contributed by atoms with van der Waals surface area (Å²) in [5.74, 6) is -11.0. The molecule has 1 aromatic rings. The predicted octanol–water partition coefficient (Wildman–Crippen LogP) is 6.48. The maximum atomic E-state index is 14.2. The third-order valence-electron chi connectivity index (χ3n) is 6.22. The first-order valence-electron chi connectivity index (χ1n) is 9.66. The van der Waals surface area contributed by atoms with E-state index >= 15 is 0 Å². The van der Waals surface area contributed by atoms with Gasteiger partial charge in [0.1, 0.15) is 0 Å². The van der Waals surface area contributed by atoms with Crippen LogP contribution in [0, 0.1) is 5.92 Å². The Morgan fingerprint density at radius 3 is 2.08 bits per heavy atom. The van der Waals surface area contributed by atoms with E-state index in [0.717, 1.165) is 24.3 Å². The summed E-state index contributed by atoms with van der Waals surface area (Å²) in [6, 6.07) is 6.73. The van der Waals surface area contributed by atoms with E-state index in [2.05, 4.69) is 6.92 Å². The molecule has 1 unspecified atom stereocenters. The van der Waals surface area contributed by atoms with Crippen molar-refractivity contribution < 1.29 is 22.4 Å². The number of benzene rings is 1. The third kappa shape index (κ3) is 3.41. The molecule has 2 fully saturated rings. The maximum Gasteiger partial charge on any atom is 0.367 e. The first kappa shape index (κ1) is 19.4. The van der Waals surface area contributed by atoms with Crippen LogP contribution in [0.5, 0.6) is 0 Å². The van der Waals surface area contributed by atoms with E-state index in [9.17, 15) is 22.4 Å². The molecule has 144 valence electrons. The SMILES string of the molecule is CCCC1CCC(c2ccc(C3CCC(=O)C(F)(F)C3(F)F)cc2)CC1. The van der Waals surface area contributed by atoms with Crippen molar-refractivity contribution in [2.24, 2.45) is 5.92 Å². The Hall–Kier alpha value is -1.39. The lowest BCUT2D eigenvalue weighted by Crippen LogP contribution is -2.54. The number of carbonyl (C=O) groups excluding carboxylic acids is 1. The van der Waals surface area contributed by atoms with E-state index in [0.29, 0.717) is 5.92 Å². The molecule has 0 radical (unpaired) electrons. The van der Waals surface area contributed by atoms with E-state index in [1.807, 2.05) is 12.1 Å². The molecular weight excluding hydrogens is 344 g/mol. The Morgan fingerprint density at radius 1 is 0.923 bits per heavy atom. The molecule has 1 aromatic carbocycles. The van der Waals surface area contributed by atoms with Gasteiger partial charge >= 0.3 is 11.8 Å². The second-order valence-corrected chi connectivity index (χ2v) is 7.88. The van der Waals surface area contributed by atoms with Crippen LogP contribution in [0.2, 0.25) is 0 Å². The zero-order valence-corrected chi connectivity index (χ0v) is 15.1. The van der Waals surface area contributed by atoms with Gasteiger partial charge in [-0.2, -0.15) is 17.6 Å². The number of hydrogen-bond donors (Lipinski definition) is 0. The summed E-state index contributed by atoms with van der Waals surface area (Å²) in [4.78, 5) is 11.2. The second-order valence-electron chi connectivity index (χ2n) is 7.88. The first-order chi connectivity index (χ1) is 12.3. The predicted molar refractivity (Wildman–Crippen MR) is 92.9 cm³/mol. The van der Waals surface area contributed by atoms with Gasteiger partial charge in [0.05, 0.1) is 5.92 Å². The number of alkyl halides is 4. The van der Waals surface area contributed by atoms with Gasteiger partial charge in [-0.1, -0.05) is 44.0 Å². The van der Waals surface area contributed by atoms with Crippen LogP contribution in [0.4, 0.5) is 17.6 Å². The van der Waals surface area contributed by atoms with Gasteiger partial charge in [0.15, 0.2) is 0 Å². The van der Waals surface area contributed by atoms with Crippen LogP contribution in [0.25, 0.3) is 0 Å². The highest BCUT2D eigenvalue weighted by molar-refractivity contribution is 5.88. The van der Waals surface area contributed by atoms with Crippen LogP contribution in [0.1, 0.15) is 81.3 Å². The minimum absolute atomic E-state index is 0.200. The molecule has 0 bridgehead atoms. The lowest BCUT2D eigenvalue weighted by molar-refractivity contribution is -0.227. The van der Waals surface area contributed by atoms with Gasteiger partial charge in [0.25, 0.3) is 0 Å². The average molecular weight is 370 g/mol. The number of ketones is 1. The Labute approximate surface area is 152 Å². The third-order valence-corrected chi connectivity index (χ3v) is 6.22. The molecule has 0 spiro atoms. The van der Waals surface area contributed by atoms with E-state index in [1.165, 1.54) is 25.7 Å². The molecule has 0 amide bonds. The molecule has 0 N–H and O–H groups in total. The molecule has 2 aliphatic rings. The fourth-order valence-electron chi connectivity index (χ4n) is 4.59. The van der Waals surface area contributed by atoms with E-state index < -0.39 is 30.0 Å². The highest BCUT2D eigenvalue weighted by Gasteiger charge is 2.67. The zero-order valence-electron chi connectivity index (χ0n) is 15.1. The smallest absolute Gasteiger partial charge is 0.293 e. The highest BCUT2D eigenvalue weighted by Crippen LogP contribution is 2.51. The van der Waals surface area contributed by atoms with Crippen LogP contribution in [-0.4, -0.2) is 17.6 Å². The molecule has 26 heavy (non-hydrogen) atoms. The van der Waals surface area contributed by atoms with E-state index in [-0.39, 0.29) is 12.0 Å². The number of rotatable bonds is 4. The van der Waals surface area contributed by atoms with Gasteiger partial charge in [0, 0.05) is 6.42 Å². The van der Waals surface area contributed by atoms with Gasteiger partial charge < -0.3 is 0 Å². The van der Waals surface area contributed by atoms with E-state index in [4.69, 9.17) is 0 Å². The number of halogens is 4. The zero-order chi connectivity index (χ0) is 18.9. The summed E-state index contributed by atoms with van der Waals surface area (Å²) < 4.78 is 55.7. The topological polar surface area (TPSA) is 17.1 Å². The standard InChI is InChI=1S/C21H26F4O/c1-2-3-14-4-6-15(7-5-14)16-8-10-17(11-9-16)18-12-13-19(26)21(24,25)20(18,22)23/h8-11,14-15,18H,2-7,12-13H2,1H3. The summed E-state index contributed by atoms with van der Waals surface area (Å²) in [7, 11) is 0. The molecule has 0 heterocycles. The van der Waals surface area contributed by atoms with Crippen molar-refractivity contribution in [1.82, 2.24) is 0 Å². The minimum Gasteiger partial charge on any atom is -0.293 e. The van der Waals surface area contributed by atoms with Gasteiger partial charge in [-0.05, 0) is 55.1 Å². The van der Waals surface area contributed by atoms with Crippen molar-refractivity contribution in [3.8, 4) is 0 Å². The molecule has 1 atom stereocenters. The molecule has 1 nitrogen and oxygen atoms in total. The second kappa shape index (κ2) is 7.32. The number of hydrogen-bond acceptors (Lipinski definition) is 1. The number of carbonyl (C=O) groups is 1.